The lowest BCUT2D eigenvalue weighted by Crippen LogP contribution is -2.39. The van der Waals surface area contributed by atoms with Gasteiger partial charge in [-0.3, -0.25) is 4.79 Å². The monoisotopic (exact) mass is 373 g/mol. The van der Waals surface area contributed by atoms with Crippen molar-refractivity contribution < 1.29 is 4.74 Å². The number of aromatic amines is 1. The van der Waals surface area contributed by atoms with Crippen LogP contribution in [0.4, 0.5) is 11.5 Å². The molecule has 1 N–H and O–H groups in total. The standard InChI is InChI=1S/C20H27N3O2S/c24-20-14-18(22-7-9-25-10-8-22)13-19(21-20)23-6-3-1-2-4-17(23)12-16-5-11-26-15-16/h5,11,13-15,17H,1-4,6-10,12H2,(H,21,24)/t17-/m0/s1. The summed E-state index contributed by atoms with van der Waals surface area (Å²) in [5, 5.41) is 4.40. The van der Waals surface area contributed by atoms with E-state index in [9.17, 15) is 4.79 Å². The van der Waals surface area contributed by atoms with Crippen molar-refractivity contribution in [3.63, 3.8) is 0 Å². The lowest BCUT2D eigenvalue weighted by atomic mass is 10.0. The van der Waals surface area contributed by atoms with E-state index >= 15 is 0 Å². The van der Waals surface area contributed by atoms with Gasteiger partial charge in [0.05, 0.1) is 13.2 Å². The molecule has 5 nitrogen and oxygen atoms in total. The molecule has 0 aliphatic carbocycles. The molecular weight excluding hydrogens is 346 g/mol. The van der Waals surface area contributed by atoms with Crippen molar-refractivity contribution in [2.24, 2.45) is 0 Å². The van der Waals surface area contributed by atoms with E-state index < -0.39 is 0 Å². The first-order valence-corrected chi connectivity index (χ1v) is 10.6. The summed E-state index contributed by atoms with van der Waals surface area (Å²) in [4.78, 5) is 20.2. The Balaban J connectivity index is 1.62. The minimum absolute atomic E-state index is 0.0116. The number of pyridine rings is 1. The average molecular weight is 374 g/mol. The van der Waals surface area contributed by atoms with Crippen LogP contribution in [0.3, 0.4) is 0 Å². The second-order valence-corrected chi connectivity index (χ2v) is 8.00. The molecule has 2 saturated heterocycles. The van der Waals surface area contributed by atoms with Gasteiger partial charge in [0.2, 0.25) is 0 Å². The molecule has 0 bridgehead atoms. The molecule has 4 rings (SSSR count). The number of nitrogens with zero attached hydrogens (tertiary/aromatic N) is 2. The second-order valence-electron chi connectivity index (χ2n) is 7.22. The van der Waals surface area contributed by atoms with Crippen LogP contribution in [0.2, 0.25) is 0 Å². The predicted octanol–water partition coefficient (Wildman–Crippen LogP) is 3.26. The molecule has 4 heterocycles. The average Bonchev–Trinajstić information content (AvgIpc) is 3.06. The predicted molar refractivity (Wildman–Crippen MR) is 108 cm³/mol. The number of hydrogen-bond donors (Lipinski definition) is 1. The summed E-state index contributed by atoms with van der Waals surface area (Å²) in [6, 6.07) is 6.56. The van der Waals surface area contributed by atoms with E-state index in [0.717, 1.165) is 50.8 Å². The summed E-state index contributed by atoms with van der Waals surface area (Å²) in [6.07, 6.45) is 5.94. The molecule has 1 atom stereocenters. The van der Waals surface area contributed by atoms with Gasteiger partial charge >= 0.3 is 0 Å². The van der Waals surface area contributed by atoms with Crippen LogP contribution in [0.15, 0.2) is 33.8 Å². The van der Waals surface area contributed by atoms with Gasteiger partial charge in [0, 0.05) is 43.5 Å². The lowest BCUT2D eigenvalue weighted by molar-refractivity contribution is 0.122. The fourth-order valence-corrected chi connectivity index (χ4v) is 4.74. The Kier molecular flexibility index (Phi) is 5.60. The van der Waals surface area contributed by atoms with Crippen LogP contribution >= 0.6 is 11.3 Å². The first-order chi connectivity index (χ1) is 12.8. The van der Waals surface area contributed by atoms with Gasteiger partial charge in [0.25, 0.3) is 5.56 Å². The van der Waals surface area contributed by atoms with Gasteiger partial charge in [0.1, 0.15) is 5.82 Å². The van der Waals surface area contributed by atoms with Crippen LogP contribution in [-0.2, 0) is 11.2 Å². The van der Waals surface area contributed by atoms with Gasteiger partial charge in [-0.2, -0.15) is 11.3 Å². The van der Waals surface area contributed by atoms with Crippen LogP contribution in [0.1, 0.15) is 31.2 Å². The highest BCUT2D eigenvalue weighted by Crippen LogP contribution is 2.27. The molecule has 2 aliphatic rings. The van der Waals surface area contributed by atoms with Crippen LogP contribution in [0, 0.1) is 0 Å². The Morgan fingerprint density at radius 1 is 1.15 bits per heavy atom. The van der Waals surface area contributed by atoms with Crippen LogP contribution in [0.5, 0.6) is 0 Å². The Morgan fingerprint density at radius 2 is 2.04 bits per heavy atom. The third-order valence-electron chi connectivity index (χ3n) is 5.43. The fourth-order valence-electron chi connectivity index (χ4n) is 4.06. The normalized spacial score (nSPS) is 21.6. The van der Waals surface area contributed by atoms with Crippen molar-refractivity contribution in [3.05, 3.63) is 44.9 Å². The van der Waals surface area contributed by atoms with E-state index in [2.05, 4.69) is 37.7 Å². The first kappa shape index (κ1) is 17.6. The Labute approximate surface area is 158 Å². The summed E-state index contributed by atoms with van der Waals surface area (Å²) in [7, 11) is 0. The minimum atomic E-state index is -0.0116. The van der Waals surface area contributed by atoms with Gasteiger partial charge in [-0.05, 0) is 41.7 Å². The number of aromatic nitrogens is 1. The molecule has 2 aromatic rings. The van der Waals surface area contributed by atoms with Crippen molar-refractivity contribution in [1.82, 2.24) is 4.98 Å². The van der Waals surface area contributed by atoms with Gasteiger partial charge in [-0.15, -0.1) is 0 Å². The second kappa shape index (κ2) is 8.27. The van der Waals surface area contributed by atoms with E-state index in [0.29, 0.717) is 6.04 Å². The summed E-state index contributed by atoms with van der Waals surface area (Å²) in [5.74, 6) is 0.973. The number of hydrogen-bond acceptors (Lipinski definition) is 5. The highest BCUT2D eigenvalue weighted by molar-refractivity contribution is 7.07. The van der Waals surface area contributed by atoms with E-state index in [1.165, 1.54) is 31.2 Å². The Bertz CT molecular complexity index is 753. The van der Waals surface area contributed by atoms with Crippen molar-refractivity contribution in [2.45, 2.75) is 38.1 Å². The van der Waals surface area contributed by atoms with Gasteiger partial charge < -0.3 is 19.5 Å². The number of anilines is 2. The van der Waals surface area contributed by atoms with Crippen molar-refractivity contribution in [1.29, 1.82) is 0 Å². The van der Waals surface area contributed by atoms with Gasteiger partial charge in [0.15, 0.2) is 0 Å². The molecule has 0 aromatic carbocycles. The number of morpholine rings is 1. The molecule has 2 aliphatic heterocycles. The number of H-pyrrole nitrogens is 1. The largest absolute Gasteiger partial charge is 0.378 e. The number of thiophene rings is 1. The molecule has 0 spiro atoms. The van der Waals surface area contributed by atoms with Gasteiger partial charge in [-0.25, -0.2) is 0 Å². The number of nitrogens with one attached hydrogen (secondary N) is 1. The lowest BCUT2D eigenvalue weighted by Gasteiger charge is -2.33. The quantitative estimate of drug-likeness (QED) is 0.894. The first-order valence-electron chi connectivity index (χ1n) is 9.64. The number of rotatable bonds is 4. The van der Waals surface area contributed by atoms with E-state index in [1.54, 1.807) is 17.4 Å². The molecule has 2 fully saturated rings. The Morgan fingerprint density at radius 3 is 2.85 bits per heavy atom. The maximum Gasteiger partial charge on any atom is 0.251 e. The third kappa shape index (κ3) is 4.13. The number of ether oxygens (including phenoxy) is 1. The molecule has 0 saturated carbocycles. The van der Waals surface area contributed by atoms with Crippen LogP contribution in [-0.4, -0.2) is 43.9 Å². The van der Waals surface area contributed by atoms with Crippen LogP contribution in [0.25, 0.3) is 0 Å². The Hall–Kier alpha value is -1.79. The summed E-state index contributed by atoms with van der Waals surface area (Å²) in [5.41, 5.74) is 2.41. The molecular formula is C20H27N3O2S. The smallest absolute Gasteiger partial charge is 0.251 e. The van der Waals surface area contributed by atoms with E-state index in [4.69, 9.17) is 4.74 Å². The maximum atomic E-state index is 12.4. The van der Waals surface area contributed by atoms with E-state index in [1.807, 2.05) is 0 Å². The SMILES string of the molecule is O=c1cc(N2CCOCC2)cc(N2CCCCC[C@H]2Cc2ccsc2)[nH]1. The summed E-state index contributed by atoms with van der Waals surface area (Å²) >= 11 is 1.76. The highest BCUT2D eigenvalue weighted by Gasteiger charge is 2.24. The zero-order valence-corrected chi connectivity index (χ0v) is 16.0. The van der Waals surface area contributed by atoms with Crippen molar-refractivity contribution >= 4 is 22.8 Å². The molecule has 0 amide bonds. The molecule has 0 unspecified atom stereocenters. The molecule has 0 radical (unpaired) electrons. The zero-order chi connectivity index (χ0) is 17.8. The van der Waals surface area contributed by atoms with Gasteiger partial charge in [-0.1, -0.05) is 12.8 Å². The molecule has 6 heteroatoms. The van der Waals surface area contributed by atoms with Crippen molar-refractivity contribution in [2.75, 3.05) is 42.6 Å². The van der Waals surface area contributed by atoms with E-state index in [-0.39, 0.29) is 5.56 Å². The maximum absolute atomic E-state index is 12.4. The molecule has 140 valence electrons. The third-order valence-corrected chi connectivity index (χ3v) is 6.16. The zero-order valence-electron chi connectivity index (χ0n) is 15.2. The fraction of sp³-hybridized carbons (Fsp3) is 0.550. The topological polar surface area (TPSA) is 48.6 Å². The summed E-state index contributed by atoms with van der Waals surface area (Å²) in [6.45, 7) is 4.17. The summed E-state index contributed by atoms with van der Waals surface area (Å²) < 4.78 is 5.45. The van der Waals surface area contributed by atoms with Crippen molar-refractivity contribution in [3.8, 4) is 0 Å². The highest BCUT2D eigenvalue weighted by atomic mass is 32.1. The minimum Gasteiger partial charge on any atom is -0.378 e. The molecule has 26 heavy (non-hydrogen) atoms. The molecule has 2 aromatic heterocycles. The van der Waals surface area contributed by atoms with Crippen LogP contribution < -0.4 is 15.4 Å².